The second-order valence-corrected chi connectivity index (χ2v) is 4.91. The van der Waals surface area contributed by atoms with Crippen molar-refractivity contribution in [1.82, 2.24) is 0 Å². The van der Waals surface area contributed by atoms with Gasteiger partial charge in [0.25, 0.3) is 0 Å². The topological polar surface area (TPSA) is 9.23 Å². The van der Waals surface area contributed by atoms with E-state index < -0.39 is 0 Å². The third kappa shape index (κ3) is 2.53. The fourth-order valence-electron chi connectivity index (χ4n) is 2.22. The zero-order valence-corrected chi connectivity index (χ0v) is 11.2. The highest BCUT2D eigenvalue weighted by molar-refractivity contribution is 14.1. The van der Waals surface area contributed by atoms with Gasteiger partial charge in [-0.25, -0.2) is 0 Å². The van der Waals surface area contributed by atoms with Crippen LogP contribution in [0.1, 0.15) is 37.0 Å². The van der Waals surface area contributed by atoms with Crippen LogP contribution in [0.25, 0.3) is 0 Å². The fraction of sp³-hybridized carbons (Fsp3) is 0.538. The summed E-state index contributed by atoms with van der Waals surface area (Å²) in [5.74, 6) is 0. The van der Waals surface area contributed by atoms with Gasteiger partial charge in [0.15, 0.2) is 0 Å². The van der Waals surface area contributed by atoms with Gasteiger partial charge in [-0.1, -0.05) is 53.8 Å². The zero-order chi connectivity index (χ0) is 10.7. The van der Waals surface area contributed by atoms with E-state index >= 15 is 0 Å². The Morgan fingerprint density at radius 3 is 2.80 bits per heavy atom. The Morgan fingerprint density at radius 2 is 2.13 bits per heavy atom. The Balaban J connectivity index is 2.16. The average molecular weight is 316 g/mol. The molecule has 1 fully saturated rings. The van der Waals surface area contributed by atoms with Crippen LogP contribution in [0.4, 0.5) is 0 Å². The van der Waals surface area contributed by atoms with Gasteiger partial charge in [-0.15, -0.1) is 0 Å². The Labute approximate surface area is 105 Å². The Hall–Kier alpha value is -0.0900. The molecule has 0 bridgehead atoms. The van der Waals surface area contributed by atoms with E-state index in [2.05, 4.69) is 53.8 Å². The Bertz CT molecular complexity index is 324. The van der Waals surface area contributed by atoms with Crippen LogP contribution < -0.4 is 0 Å². The van der Waals surface area contributed by atoms with Gasteiger partial charge in [0.05, 0.1) is 12.2 Å². The molecule has 2 rings (SSSR count). The average Bonchev–Trinajstić information content (AvgIpc) is 2.77. The first-order valence-electron chi connectivity index (χ1n) is 5.64. The summed E-state index contributed by atoms with van der Waals surface area (Å²) in [7, 11) is 0. The van der Waals surface area contributed by atoms with Crippen LogP contribution in [-0.2, 0) is 11.2 Å². The van der Waals surface area contributed by atoms with E-state index in [9.17, 15) is 0 Å². The second kappa shape index (κ2) is 5.30. The minimum atomic E-state index is 0.348. The van der Waals surface area contributed by atoms with Gasteiger partial charge in [-0.3, -0.25) is 0 Å². The fourth-order valence-corrected chi connectivity index (χ4v) is 2.87. The van der Waals surface area contributed by atoms with E-state index in [4.69, 9.17) is 4.74 Å². The molecule has 0 N–H and O–H groups in total. The molecule has 1 nitrogen and oxygen atoms in total. The molecule has 1 aliphatic rings. The van der Waals surface area contributed by atoms with Crippen LogP contribution in [0.5, 0.6) is 0 Å². The number of hydrogen-bond donors (Lipinski definition) is 0. The van der Waals surface area contributed by atoms with Crippen LogP contribution in [0.15, 0.2) is 24.3 Å². The van der Waals surface area contributed by atoms with E-state index in [-0.39, 0.29) is 0 Å². The van der Waals surface area contributed by atoms with Crippen molar-refractivity contribution in [3.05, 3.63) is 35.4 Å². The number of halogens is 1. The minimum absolute atomic E-state index is 0.348. The van der Waals surface area contributed by atoms with Crippen LogP contribution in [0, 0.1) is 0 Å². The van der Waals surface area contributed by atoms with Crippen LogP contribution >= 0.6 is 22.6 Å². The number of benzene rings is 1. The minimum Gasteiger partial charge on any atom is -0.369 e. The molecule has 1 aliphatic heterocycles. The SMILES string of the molecule is CCc1ccccc1C1CCC(CI)O1. The first-order valence-corrected chi connectivity index (χ1v) is 7.17. The van der Waals surface area contributed by atoms with Crippen molar-refractivity contribution < 1.29 is 4.74 Å². The van der Waals surface area contributed by atoms with E-state index in [0.717, 1.165) is 10.8 Å². The summed E-state index contributed by atoms with van der Waals surface area (Å²) in [5.41, 5.74) is 2.85. The lowest BCUT2D eigenvalue weighted by atomic mass is 9.99. The zero-order valence-electron chi connectivity index (χ0n) is 9.08. The van der Waals surface area contributed by atoms with Gasteiger partial charge in [0.1, 0.15) is 0 Å². The van der Waals surface area contributed by atoms with Crippen molar-refractivity contribution in [2.45, 2.75) is 38.4 Å². The summed E-state index contributed by atoms with van der Waals surface area (Å²) in [6.45, 7) is 2.21. The predicted molar refractivity (Wildman–Crippen MR) is 71.6 cm³/mol. The molecule has 1 aromatic rings. The highest BCUT2D eigenvalue weighted by Crippen LogP contribution is 2.35. The van der Waals surface area contributed by atoms with Gasteiger partial charge >= 0.3 is 0 Å². The van der Waals surface area contributed by atoms with Crippen molar-refractivity contribution in [2.75, 3.05) is 4.43 Å². The maximum Gasteiger partial charge on any atom is 0.0832 e. The highest BCUT2D eigenvalue weighted by atomic mass is 127. The van der Waals surface area contributed by atoms with Crippen LogP contribution in [0.2, 0.25) is 0 Å². The number of hydrogen-bond acceptors (Lipinski definition) is 1. The lowest BCUT2D eigenvalue weighted by molar-refractivity contribution is 0.0592. The molecule has 1 saturated heterocycles. The molecule has 2 atom stereocenters. The van der Waals surface area contributed by atoms with Crippen molar-refractivity contribution in [1.29, 1.82) is 0 Å². The summed E-state index contributed by atoms with van der Waals surface area (Å²) in [4.78, 5) is 0. The quantitative estimate of drug-likeness (QED) is 0.607. The van der Waals surface area contributed by atoms with Crippen molar-refractivity contribution >= 4 is 22.6 Å². The van der Waals surface area contributed by atoms with Gasteiger partial charge in [-0.05, 0) is 30.4 Å². The maximum absolute atomic E-state index is 6.03. The molecule has 0 saturated carbocycles. The van der Waals surface area contributed by atoms with Gasteiger partial charge < -0.3 is 4.74 Å². The predicted octanol–water partition coefficient (Wildman–Crippen LogP) is 3.90. The molecule has 0 amide bonds. The summed E-state index contributed by atoms with van der Waals surface area (Å²) < 4.78 is 7.15. The van der Waals surface area contributed by atoms with Crippen molar-refractivity contribution in [2.24, 2.45) is 0 Å². The molecule has 82 valence electrons. The first-order chi connectivity index (χ1) is 7.35. The van der Waals surface area contributed by atoms with E-state index in [0.29, 0.717) is 12.2 Å². The van der Waals surface area contributed by atoms with Crippen LogP contribution in [-0.4, -0.2) is 10.5 Å². The van der Waals surface area contributed by atoms with Gasteiger partial charge in [0, 0.05) is 4.43 Å². The molecule has 0 spiro atoms. The summed E-state index contributed by atoms with van der Waals surface area (Å²) in [6, 6.07) is 8.68. The van der Waals surface area contributed by atoms with Crippen molar-refractivity contribution in [3.63, 3.8) is 0 Å². The van der Waals surface area contributed by atoms with Crippen LogP contribution in [0.3, 0.4) is 0 Å². The number of aryl methyl sites for hydroxylation is 1. The summed E-state index contributed by atoms with van der Waals surface area (Å²) in [6.07, 6.45) is 4.32. The number of alkyl halides is 1. The van der Waals surface area contributed by atoms with E-state index in [1.165, 1.54) is 24.0 Å². The molecule has 1 aromatic carbocycles. The lowest BCUT2D eigenvalue weighted by Crippen LogP contribution is -2.08. The normalized spacial score (nSPS) is 25.7. The summed E-state index contributed by atoms with van der Waals surface area (Å²) in [5, 5.41) is 0. The molecule has 0 radical (unpaired) electrons. The molecule has 2 unspecified atom stereocenters. The lowest BCUT2D eigenvalue weighted by Gasteiger charge is -2.15. The molecular weight excluding hydrogens is 299 g/mol. The smallest absolute Gasteiger partial charge is 0.0832 e. The molecular formula is C13H17IO. The Kier molecular flexibility index (Phi) is 4.03. The molecule has 2 heteroatoms. The first kappa shape index (κ1) is 11.4. The molecule has 0 aliphatic carbocycles. The van der Waals surface area contributed by atoms with Crippen molar-refractivity contribution in [3.8, 4) is 0 Å². The largest absolute Gasteiger partial charge is 0.369 e. The van der Waals surface area contributed by atoms with E-state index in [1.807, 2.05) is 0 Å². The molecule has 1 heterocycles. The van der Waals surface area contributed by atoms with Gasteiger partial charge in [-0.2, -0.15) is 0 Å². The number of rotatable bonds is 3. The summed E-state index contributed by atoms with van der Waals surface area (Å²) >= 11 is 2.41. The monoisotopic (exact) mass is 316 g/mol. The van der Waals surface area contributed by atoms with Gasteiger partial charge in [0.2, 0.25) is 0 Å². The molecule has 15 heavy (non-hydrogen) atoms. The molecule has 0 aromatic heterocycles. The second-order valence-electron chi connectivity index (χ2n) is 4.03. The Morgan fingerprint density at radius 1 is 1.33 bits per heavy atom. The standard InChI is InChI=1S/C13H17IO/c1-2-10-5-3-4-6-12(10)13-8-7-11(9-14)15-13/h3-6,11,13H,2,7-9H2,1H3. The third-order valence-corrected chi connectivity index (χ3v) is 4.04. The third-order valence-electron chi connectivity index (χ3n) is 3.06. The van der Waals surface area contributed by atoms with E-state index in [1.54, 1.807) is 0 Å². The number of ether oxygens (including phenoxy) is 1. The maximum atomic E-state index is 6.03. The highest BCUT2D eigenvalue weighted by Gasteiger charge is 2.26.